The number of hydrogen-bond acceptors (Lipinski definition) is 1. The molecule has 0 aliphatic carbocycles. The number of allylic oxidation sites excluding steroid dienone is 1. The fourth-order valence-electron chi connectivity index (χ4n) is 2.13. The molecule has 0 saturated carbocycles. The van der Waals surface area contributed by atoms with Crippen LogP contribution in [0.15, 0.2) is 61.2 Å². The summed E-state index contributed by atoms with van der Waals surface area (Å²) in [5, 5.41) is 0. The molecule has 2 aromatic carbocycles. The van der Waals surface area contributed by atoms with Gasteiger partial charge in [0.05, 0.1) is 0 Å². The molecule has 0 aliphatic rings. The van der Waals surface area contributed by atoms with Crippen molar-refractivity contribution in [3.63, 3.8) is 0 Å². The third-order valence-electron chi connectivity index (χ3n) is 3.46. The molecule has 0 aliphatic heterocycles. The molecule has 102 valence electrons. The fraction of sp³-hybridized carbons (Fsp3) is 0.211. The molecular weight excluding hydrogens is 244 g/mol. The quantitative estimate of drug-likeness (QED) is 0.687. The van der Waals surface area contributed by atoms with Crippen LogP contribution in [0.4, 0.5) is 0 Å². The topological polar surface area (TPSA) is 17.1 Å². The summed E-state index contributed by atoms with van der Waals surface area (Å²) < 4.78 is 0. The molecule has 0 radical (unpaired) electrons. The van der Waals surface area contributed by atoms with Crippen molar-refractivity contribution in [2.75, 3.05) is 0 Å². The summed E-state index contributed by atoms with van der Waals surface area (Å²) in [5.74, 6) is 0.604. The molecule has 0 fully saturated rings. The Morgan fingerprint density at radius 2 is 1.55 bits per heavy atom. The summed E-state index contributed by atoms with van der Waals surface area (Å²) in [6.45, 7) is 8.31. The molecule has 0 aromatic heterocycles. The number of hydrogen-bond donors (Lipinski definition) is 0. The minimum absolute atomic E-state index is 0.120. The number of ketones is 1. The summed E-state index contributed by atoms with van der Waals surface area (Å²) >= 11 is 0. The second kappa shape index (κ2) is 6.33. The monoisotopic (exact) mass is 264 g/mol. The van der Waals surface area contributed by atoms with Crippen molar-refractivity contribution in [1.82, 2.24) is 0 Å². The summed E-state index contributed by atoms with van der Waals surface area (Å²) in [6, 6.07) is 17.7. The highest BCUT2D eigenvalue weighted by molar-refractivity contribution is 6.02. The molecule has 2 rings (SSSR count). The van der Waals surface area contributed by atoms with Crippen molar-refractivity contribution < 1.29 is 4.79 Å². The van der Waals surface area contributed by atoms with Crippen LogP contribution in [-0.2, 0) is 0 Å². The van der Waals surface area contributed by atoms with Gasteiger partial charge in [0.2, 0.25) is 0 Å². The first-order valence-corrected chi connectivity index (χ1v) is 6.94. The lowest BCUT2D eigenvalue weighted by Gasteiger charge is -2.08. The largest absolute Gasteiger partial charge is 0.294 e. The van der Waals surface area contributed by atoms with Crippen molar-refractivity contribution in [2.24, 2.45) is 0 Å². The Bertz CT molecular complexity index is 591. The standard InChI is InChI=1S/C19H20O/c1-14(2)16-9-11-18(12-10-16)19(20)13-15(3)17-7-5-4-6-8-17/h4-12,14H,3,13H2,1-2H3. The van der Waals surface area contributed by atoms with Crippen LogP contribution in [0.25, 0.3) is 5.57 Å². The van der Waals surface area contributed by atoms with Crippen LogP contribution in [0.5, 0.6) is 0 Å². The average Bonchev–Trinajstić information content (AvgIpc) is 2.48. The molecular formula is C19H20O. The average molecular weight is 264 g/mol. The second-order valence-corrected chi connectivity index (χ2v) is 5.35. The van der Waals surface area contributed by atoms with Crippen LogP contribution in [0.1, 0.15) is 47.7 Å². The van der Waals surface area contributed by atoms with E-state index in [9.17, 15) is 4.79 Å². The van der Waals surface area contributed by atoms with Gasteiger partial charge in [-0.1, -0.05) is 75.0 Å². The van der Waals surface area contributed by atoms with E-state index in [1.165, 1.54) is 5.56 Å². The van der Waals surface area contributed by atoms with Gasteiger partial charge in [-0.15, -0.1) is 0 Å². The maximum absolute atomic E-state index is 12.2. The van der Waals surface area contributed by atoms with Crippen LogP contribution >= 0.6 is 0 Å². The zero-order chi connectivity index (χ0) is 14.5. The summed E-state index contributed by atoms with van der Waals surface area (Å²) in [5.41, 5.74) is 3.90. The van der Waals surface area contributed by atoms with E-state index in [1.54, 1.807) is 0 Å². The highest BCUT2D eigenvalue weighted by Crippen LogP contribution is 2.20. The van der Waals surface area contributed by atoms with E-state index in [-0.39, 0.29) is 5.78 Å². The van der Waals surface area contributed by atoms with E-state index in [4.69, 9.17) is 0 Å². The Kier molecular flexibility index (Phi) is 4.52. The summed E-state index contributed by atoms with van der Waals surface area (Å²) in [7, 11) is 0. The van der Waals surface area contributed by atoms with Gasteiger partial charge < -0.3 is 0 Å². The van der Waals surface area contributed by atoms with E-state index in [0.717, 1.165) is 16.7 Å². The van der Waals surface area contributed by atoms with E-state index < -0.39 is 0 Å². The number of carbonyl (C=O) groups excluding carboxylic acids is 1. The first kappa shape index (κ1) is 14.3. The van der Waals surface area contributed by atoms with Gasteiger partial charge in [0, 0.05) is 12.0 Å². The molecule has 0 heterocycles. The number of Topliss-reactive ketones (excluding diaryl/α,β-unsaturated/α-hetero) is 1. The van der Waals surface area contributed by atoms with Gasteiger partial charge in [-0.3, -0.25) is 4.79 Å². The Morgan fingerprint density at radius 3 is 2.10 bits per heavy atom. The SMILES string of the molecule is C=C(CC(=O)c1ccc(C(C)C)cc1)c1ccccc1. The third kappa shape index (κ3) is 3.45. The summed E-state index contributed by atoms with van der Waals surface area (Å²) in [4.78, 5) is 12.2. The molecule has 0 saturated heterocycles. The molecule has 1 heteroatoms. The summed E-state index contributed by atoms with van der Waals surface area (Å²) in [6.07, 6.45) is 0.366. The number of benzene rings is 2. The molecule has 0 N–H and O–H groups in total. The molecule has 0 bridgehead atoms. The fourth-order valence-corrected chi connectivity index (χ4v) is 2.13. The van der Waals surface area contributed by atoms with Crippen molar-refractivity contribution >= 4 is 11.4 Å². The predicted molar refractivity (Wildman–Crippen MR) is 85.0 cm³/mol. The molecule has 20 heavy (non-hydrogen) atoms. The van der Waals surface area contributed by atoms with Crippen LogP contribution in [0.2, 0.25) is 0 Å². The predicted octanol–water partition coefficient (Wildman–Crippen LogP) is 5.10. The van der Waals surface area contributed by atoms with Gasteiger partial charge >= 0.3 is 0 Å². The van der Waals surface area contributed by atoms with Gasteiger partial charge in [0.15, 0.2) is 5.78 Å². The van der Waals surface area contributed by atoms with Crippen LogP contribution in [0.3, 0.4) is 0 Å². The van der Waals surface area contributed by atoms with E-state index in [2.05, 4.69) is 20.4 Å². The van der Waals surface area contributed by atoms with Gasteiger partial charge in [0.1, 0.15) is 0 Å². The smallest absolute Gasteiger partial charge is 0.167 e. The highest BCUT2D eigenvalue weighted by Gasteiger charge is 2.09. The maximum Gasteiger partial charge on any atom is 0.167 e. The number of rotatable bonds is 5. The molecule has 2 aromatic rings. The van der Waals surface area contributed by atoms with Crippen LogP contribution < -0.4 is 0 Å². The maximum atomic E-state index is 12.2. The highest BCUT2D eigenvalue weighted by atomic mass is 16.1. The van der Waals surface area contributed by atoms with E-state index in [1.807, 2.05) is 54.6 Å². The van der Waals surface area contributed by atoms with Crippen molar-refractivity contribution in [3.8, 4) is 0 Å². The minimum Gasteiger partial charge on any atom is -0.294 e. The Morgan fingerprint density at radius 1 is 0.950 bits per heavy atom. The van der Waals surface area contributed by atoms with Crippen molar-refractivity contribution in [1.29, 1.82) is 0 Å². The Labute approximate surface area is 121 Å². The lowest BCUT2D eigenvalue weighted by atomic mass is 9.96. The zero-order valence-electron chi connectivity index (χ0n) is 12.1. The first-order chi connectivity index (χ1) is 9.58. The molecule has 1 nitrogen and oxygen atoms in total. The Hall–Kier alpha value is -2.15. The lowest BCUT2D eigenvalue weighted by molar-refractivity contribution is 0.0998. The van der Waals surface area contributed by atoms with Gasteiger partial charge in [0.25, 0.3) is 0 Å². The molecule has 0 unspecified atom stereocenters. The molecule has 0 atom stereocenters. The van der Waals surface area contributed by atoms with Crippen molar-refractivity contribution in [2.45, 2.75) is 26.2 Å². The first-order valence-electron chi connectivity index (χ1n) is 6.94. The molecule has 0 spiro atoms. The number of carbonyl (C=O) groups is 1. The Balaban J connectivity index is 2.07. The van der Waals surface area contributed by atoms with Gasteiger partial charge in [-0.2, -0.15) is 0 Å². The van der Waals surface area contributed by atoms with Crippen molar-refractivity contribution in [3.05, 3.63) is 77.9 Å². The normalized spacial score (nSPS) is 10.6. The lowest BCUT2D eigenvalue weighted by Crippen LogP contribution is -2.00. The van der Waals surface area contributed by atoms with Gasteiger partial charge in [-0.25, -0.2) is 0 Å². The van der Waals surface area contributed by atoms with Crippen LogP contribution in [-0.4, -0.2) is 5.78 Å². The van der Waals surface area contributed by atoms with Crippen LogP contribution in [0, 0.1) is 0 Å². The zero-order valence-corrected chi connectivity index (χ0v) is 12.1. The molecule has 0 amide bonds. The van der Waals surface area contributed by atoms with Gasteiger partial charge in [-0.05, 0) is 22.6 Å². The van der Waals surface area contributed by atoms with E-state index in [0.29, 0.717) is 12.3 Å². The minimum atomic E-state index is 0.120. The third-order valence-corrected chi connectivity index (χ3v) is 3.46. The second-order valence-electron chi connectivity index (χ2n) is 5.35. The van der Waals surface area contributed by atoms with E-state index >= 15 is 0 Å².